The molecule has 0 amide bonds. The molecule has 0 aromatic heterocycles. The van der Waals surface area contributed by atoms with E-state index in [-0.39, 0.29) is 11.9 Å². The molecule has 0 spiro atoms. The Labute approximate surface area is 114 Å². The van der Waals surface area contributed by atoms with Crippen LogP contribution in [0.4, 0.5) is 4.39 Å². The van der Waals surface area contributed by atoms with Crippen LogP contribution >= 0.6 is 11.6 Å². The van der Waals surface area contributed by atoms with Gasteiger partial charge < -0.3 is 5.32 Å². The van der Waals surface area contributed by atoms with Gasteiger partial charge in [0.2, 0.25) is 0 Å². The van der Waals surface area contributed by atoms with Crippen molar-refractivity contribution in [3.05, 3.63) is 34.6 Å². The van der Waals surface area contributed by atoms with Crippen LogP contribution in [0.25, 0.3) is 0 Å². The summed E-state index contributed by atoms with van der Waals surface area (Å²) < 4.78 is 13.0. The predicted octanol–water partition coefficient (Wildman–Crippen LogP) is 4.71. The van der Waals surface area contributed by atoms with Crippen LogP contribution in [0.2, 0.25) is 5.02 Å². The second-order valence-electron chi connectivity index (χ2n) is 5.48. The lowest BCUT2D eigenvalue weighted by molar-refractivity contribution is 0.120. The maximum Gasteiger partial charge on any atom is 0.124 e. The maximum absolute atomic E-state index is 13.0. The Morgan fingerprint density at radius 3 is 2.67 bits per heavy atom. The molecule has 0 heterocycles. The Kier molecular flexibility index (Phi) is 4.29. The molecule has 0 radical (unpaired) electrons. The van der Waals surface area contributed by atoms with Crippen molar-refractivity contribution in [3.8, 4) is 0 Å². The first kappa shape index (κ1) is 13.8. The molecular formula is C15H21ClFN. The van der Waals surface area contributed by atoms with Gasteiger partial charge in [0.25, 0.3) is 0 Å². The van der Waals surface area contributed by atoms with E-state index in [0.717, 1.165) is 12.1 Å². The predicted molar refractivity (Wildman–Crippen MR) is 74.4 cm³/mol. The topological polar surface area (TPSA) is 12.0 Å². The van der Waals surface area contributed by atoms with Gasteiger partial charge in [-0.2, -0.15) is 0 Å². The van der Waals surface area contributed by atoms with E-state index in [1.807, 2.05) is 0 Å². The van der Waals surface area contributed by atoms with Gasteiger partial charge in [-0.15, -0.1) is 0 Å². The van der Waals surface area contributed by atoms with Crippen LogP contribution < -0.4 is 5.32 Å². The standard InChI is InChI=1S/C15H21ClFN/c1-3-15(7-4-8-15)10-18-11(2)13-6-5-12(17)9-14(13)16/h5-6,9,11,18H,3-4,7-8,10H2,1-2H3. The van der Waals surface area contributed by atoms with Crippen molar-refractivity contribution in [1.82, 2.24) is 5.32 Å². The van der Waals surface area contributed by atoms with E-state index < -0.39 is 0 Å². The number of benzene rings is 1. The van der Waals surface area contributed by atoms with Crippen LogP contribution in [-0.2, 0) is 0 Å². The summed E-state index contributed by atoms with van der Waals surface area (Å²) in [5, 5.41) is 4.05. The third-order valence-corrected chi connectivity index (χ3v) is 4.70. The Bertz CT molecular complexity index is 409. The Morgan fingerprint density at radius 2 is 2.17 bits per heavy atom. The number of rotatable bonds is 5. The number of nitrogens with one attached hydrogen (secondary N) is 1. The van der Waals surface area contributed by atoms with Crippen molar-refractivity contribution < 1.29 is 4.39 Å². The van der Waals surface area contributed by atoms with Gasteiger partial charge in [-0.3, -0.25) is 0 Å². The molecule has 1 aromatic rings. The van der Waals surface area contributed by atoms with Crippen molar-refractivity contribution in [2.75, 3.05) is 6.54 Å². The number of hydrogen-bond acceptors (Lipinski definition) is 1. The molecule has 1 atom stereocenters. The number of hydrogen-bond donors (Lipinski definition) is 1. The first-order valence-electron chi connectivity index (χ1n) is 6.75. The van der Waals surface area contributed by atoms with E-state index in [9.17, 15) is 4.39 Å². The van der Waals surface area contributed by atoms with Crippen LogP contribution in [0.1, 0.15) is 51.1 Å². The lowest BCUT2D eigenvalue weighted by Gasteiger charge is -2.42. The van der Waals surface area contributed by atoms with E-state index in [4.69, 9.17) is 11.6 Å². The van der Waals surface area contributed by atoms with Gasteiger partial charge in [-0.25, -0.2) is 4.39 Å². The van der Waals surface area contributed by atoms with Crippen molar-refractivity contribution in [1.29, 1.82) is 0 Å². The monoisotopic (exact) mass is 269 g/mol. The molecule has 100 valence electrons. The van der Waals surface area contributed by atoms with Gasteiger partial charge in [-0.1, -0.05) is 31.0 Å². The van der Waals surface area contributed by atoms with E-state index in [0.29, 0.717) is 10.4 Å². The van der Waals surface area contributed by atoms with Gasteiger partial charge in [0.05, 0.1) is 0 Å². The van der Waals surface area contributed by atoms with Crippen LogP contribution in [0, 0.1) is 11.2 Å². The molecule has 18 heavy (non-hydrogen) atoms. The average molecular weight is 270 g/mol. The summed E-state index contributed by atoms with van der Waals surface area (Å²) in [6.07, 6.45) is 5.21. The Hall–Kier alpha value is -0.600. The van der Waals surface area contributed by atoms with Crippen LogP contribution in [0.3, 0.4) is 0 Å². The van der Waals surface area contributed by atoms with Crippen molar-refractivity contribution in [2.24, 2.45) is 5.41 Å². The summed E-state index contributed by atoms with van der Waals surface area (Å²) >= 11 is 6.08. The SMILES string of the molecule is CCC1(CNC(C)c2ccc(F)cc2Cl)CCC1. The lowest BCUT2D eigenvalue weighted by Crippen LogP contribution is -2.40. The van der Waals surface area contributed by atoms with E-state index in [2.05, 4.69) is 19.2 Å². The lowest BCUT2D eigenvalue weighted by atomic mass is 9.67. The van der Waals surface area contributed by atoms with Gasteiger partial charge >= 0.3 is 0 Å². The molecule has 1 nitrogen and oxygen atoms in total. The number of halogens is 2. The fourth-order valence-electron chi connectivity index (χ4n) is 2.66. The summed E-state index contributed by atoms with van der Waals surface area (Å²) in [5.74, 6) is -0.278. The van der Waals surface area contributed by atoms with Crippen LogP contribution in [-0.4, -0.2) is 6.54 Å². The third-order valence-electron chi connectivity index (χ3n) is 4.38. The first-order valence-corrected chi connectivity index (χ1v) is 7.12. The van der Waals surface area contributed by atoms with Gasteiger partial charge in [-0.05, 0) is 49.3 Å². The zero-order valence-electron chi connectivity index (χ0n) is 11.1. The van der Waals surface area contributed by atoms with Gasteiger partial charge in [0.1, 0.15) is 5.82 Å². The molecular weight excluding hydrogens is 249 g/mol. The highest BCUT2D eigenvalue weighted by atomic mass is 35.5. The van der Waals surface area contributed by atoms with Crippen molar-refractivity contribution in [3.63, 3.8) is 0 Å². The second kappa shape index (κ2) is 5.58. The molecule has 0 saturated heterocycles. The average Bonchev–Trinajstić information content (AvgIpc) is 2.27. The van der Waals surface area contributed by atoms with Gasteiger partial charge in [0, 0.05) is 17.6 Å². The summed E-state index contributed by atoms with van der Waals surface area (Å²) in [6, 6.07) is 4.79. The summed E-state index contributed by atoms with van der Waals surface area (Å²) in [6.45, 7) is 5.37. The fraction of sp³-hybridized carbons (Fsp3) is 0.600. The summed E-state index contributed by atoms with van der Waals surface area (Å²) in [5.41, 5.74) is 1.46. The van der Waals surface area contributed by atoms with Crippen molar-refractivity contribution in [2.45, 2.75) is 45.6 Å². The third kappa shape index (κ3) is 2.86. The largest absolute Gasteiger partial charge is 0.310 e. The molecule has 1 aliphatic rings. The molecule has 2 rings (SSSR count). The van der Waals surface area contributed by atoms with Crippen molar-refractivity contribution >= 4 is 11.6 Å². The second-order valence-corrected chi connectivity index (χ2v) is 5.88. The molecule has 3 heteroatoms. The Morgan fingerprint density at radius 1 is 1.44 bits per heavy atom. The molecule has 1 fully saturated rings. The zero-order chi connectivity index (χ0) is 13.2. The van der Waals surface area contributed by atoms with Gasteiger partial charge in [0.15, 0.2) is 0 Å². The molecule has 1 unspecified atom stereocenters. The normalized spacial score (nSPS) is 19.3. The van der Waals surface area contributed by atoms with E-state index in [1.54, 1.807) is 6.07 Å². The van der Waals surface area contributed by atoms with Crippen LogP contribution in [0.5, 0.6) is 0 Å². The quantitative estimate of drug-likeness (QED) is 0.816. The molecule has 1 aliphatic carbocycles. The maximum atomic E-state index is 13.0. The minimum absolute atomic E-state index is 0.169. The van der Waals surface area contributed by atoms with E-state index >= 15 is 0 Å². The minimum atomic E-state index is -0.278. The Balaban J connectivity index is 1.97. The molecule has 0 bridgehead atoms. The highest BCUT2D eigenvalue weighted by molar-refractivity contribution is 6.31. The zero-order valence-corrected chi connectivity index (χ0v) is 11.9. The molecule has 0 aliphatic heterocycles. The first-order chi connectivity index (χ1) is 8.56. The summed E-state index contributed by atoms with van der Waals surface area (Å²) in [7, 11) is 0. The highest BCUT2D eigenvalue weighted by Gasteiger charge is 2.34. The van der Waals surface area contributed by atoms with Crippen LogP contribution in [0.15, 0.2) is 18.2 Å². The highest BCUT2D eigenvalue weighted by Crippen LogP contribution is 2.43. The molecule has 1 N–H and O–H groups in total. The summed E-state index contributed by atoms with van der Waals surface area (Å²) in [4.78, 5) is 0. The van der Waals surface area contributed by atoms with E-state index in [1.165, 1.54) is 37.8 Å². The molecule has 1 aromatic carbocycles. The smallest absolute Gasteiger partial charge is 0.124 e. The minimum Gasteiger partial charge on any atom is -0.310 e. The fourth-order valence-corrected chi connectivity index (χ4v) is 3.00. The molecule has 1 saturated carbocycles.